The second kappa shape index (κ2) is 10.6. The molecule has 1 nitrogen and oxygen atoms in total. The van der Waals surface area contributed by atoms with Gasteiger partial charge in [0.15, 0.2) is 8.32 Å². The number of benzene rings is 3. The van der Waals surface area contributed by atoms with Gasteiger partial charge in [0, 0.05) is 14.2 Å². The number of rotatable bonds is 6. The van der Waals surface area contributed by atoms with E-state index in [0.29, 0.717) is 5.92 Å². The van der Waals surface area contributed by atoms with E-state index in [-0.39, 0.29) is 30.0 Å². The van der Waals surface area contributed by atoms with Crippen LogP contribution in [0.1, 0.15) is 34.1 Å². The van der Waals surface area contributed by atoms with E-state index in [4.69, 9.17) is 4.43 Å². The van der Waals surface area contributed by atoms with Crippen LogP contribution in [0.15, 0.2) is 96.6 Å². The maximum absolute atomic E-state index is 6.94. The summed E-state index contributed by atoms with van der Waals surface area (Å²) >= 11 is 0. The molecule has 0 spiro atoms. The van der Waals surface area contributed by atoms with Gasteiger partial charge in [-0.15, -0.1) is 0 Å². The average Bonchev–Trinajstić information content (AvgIpc) is 2.80. The van der Waals surface area contributed by atoms with Crippen molar-refractivity contribution in [2.75, 3.05) is 0 Å². The Labute approximate surface area is 221 Å². The molecule has 0 radical (unpaired) electrons. The summed E-state index contributed by atoms with van der Waals surface area (Å²) in [6.07, 6.45) is 1.28. The van der Waals surface area contributed by atoms with Crippen molar-refractivity contribution in [2.45, 2.75) is 58.4 Å². The van der Waals surface area contributed by atoms with Crippen molar-refractivity contribution < 1.29 is 23.3 Å². The molecule has 1 aliphatic rings. The summed E-state index contributed by atoms with van der Waals surface area (Å²) in [5.41, 5.74) is 5.62. The van der Waals surface area contributed by atoms with E-state index >= 15 is 0 Å². The zero-order valence-corrected chi connectivity index (χ0v) is 23.9. The third-order valence-corrected chi connectivity index (χ3v) is 16.4. The molecule has 1 saturated carbocycles. The molecular weight excluding hydrogens is 439 g/mol. The second-order valence-electron chi connectivity index (χ2n) is 10.9. The van der Waals surface area contributed by atoms with E-state index in [9.17, 15) is 0 Å². The van der Waals surface area contributed by atoms with Crippen molar-refractivity contribution in [3.8, 4) is 0 Å². The van der Waals surface area contributed by atoms with Crippen LogP contribution in [0.2, 0.25) is 18.1 Å². The molecule has 172 valence electrons. The normalized spacial score (nSPS) is 19.9. The minimum Gasteiger partial charge on any atom is -0.481 e. The summed E-state index contributed by atoms with van der Waals surface area (Å²) in [7, 11) is -4.38. The molecule has 3 aromatic carbocycles. The Morgan fingerprint density at radius 3 is 1.44 bits per heavy atom. The molecule has 0 heterocycles. The standard InChI is InChI=1S/C30H37OSi2.Li/c1-24-22-29(31-32(5,6)30(2,3)4)28(24)23-33(25-16-10-7-11-17-25,26-18-12-8-13-19-26)27-20-14-9-15-21-27;/h7-21,24,29H,22H2,1-6H3;/q-1;+1. The van der Waals surface area contributed by atoms with Crippen LogP contribution in [-0.2, 0) is 4.43 Å². The van der Waals surface area contributed by atoms with Crippen LogP contribution in [0.5, 0.6) is 0 Å². The summed E-state index contributed by atoms with van der Waals surface area (Å²) in [6.45, 7) is 14.0. The van der Waals surface area contributed by atoms with Gasteiger partial charge in [-0.2, -0.15) is 0 Å². The number of hydrogen-bond acceptors (Lipinski definition) is 1. The molecule has 2 unspecified atom stereocenters. The Balaban J connectivity index is 0.00000324. The van der Waals surface area contributed by atoms with Gasteiger partial charge >= 0.3 is 18.9 Å². The molecule has 4 rings (SSSR count). The quantitative estimate of drug-likeness (QED) is 0.302. The molecule has 0 saturated heterocycles. The van der Waals surface area contributed by atoms with Gasteiger partial charge < -0.3 is 10.1 Å². The number of hydrogen-bond donors (Lipinski definition) is 0. The summed E-state index contributed by atoms with van der Waals surface area (Å²) < 4.78 is 6.94. The van der Waals surface area contributed by atoms with E-state index < -0.39 is 16.4 Å². The maximum Gasteiger partial charge on any atom is 1.00 e. The molecular formula is C30H37LiOSi2. The van der Waals surface area contributed by atoms with Gasteiger partial charge in [-0.3, -0.25) is 0 Å². The van der Waals surface area contributed by atoms with Gasteiger partial charge in [0.2, 0.25) is 0 Å². The average molecular weight is 477 g/mol. The van der Waals surface area contributed by atoms with Crippen molar-refractivity contribution in [2.24, 2.45) is 5.92 Å². The minimum absolute atomic E-state index is 0. The van der Waals surface area contributed by atoms with Gasteiger partial charge in [0.1, 0.15) is 0 Å². The molecule has 34 heavy (non-hydrogen) atoms. The van der Waals surface area contributed by atoms with E-state index in [1.165, 1.54) is 21.1 Å². The van der Waals surface area contributed by atoms with Crippen molar-refractivity contribution in [3.63, 3.8) is 0 Å². The molecule has 0 amide bonds. The van der Waals surface area contributed by atoms with Crippen LogP contribution in [0, 0.1) is 11.6 Å². The van der Waals surface area contributed by atoms with Gasteiger partial charge in [0.25, 0.3) is 0 Å². The largest absolute Gasteiger partial charge is 1.00 e. The predicted octanol–water partition coefficient (Wildman–Crippen LogP) is 2.86. The summed E-state index contributed by atoms with van der Waals surface area (Å²) in [5, 5.41) is 4.32. The zero-order valence-electron chi connectivity index (χ0n) is 21.9. The second-order valence-corrected chi connectivity index (χ2v) is 19.2. The van der Waals surface area contributed by atoms with Crippen LogP contribution in [0.25, 0.3) is 0 Å². The van der Waals surface area contributed by atoms with Crippen LogP contribution in [0.3, 0.4) is 0 Å². The Bertz CT molecular complexity index is 992. The first-order chi connectivity index (χ1) is 15.6. The van der Waals surface area contributed by atoms with Crippen molar-refractivity contribution in [1.29, 1.82) is 0 Å². The van der Waals surface area contributed by atoms with E-state index in [0.717, 1.165) is 6.42 Å². The van der Waals surface area contributed by atoms with Gasteiger partial charge in [-0.25, -0.2) is 5.57 Å². The summed E-state index contributed by atoms with van der Waals surface area (Å²) in [5.74, 6) is 0.503. The van der Waals surface area contributed by atoms with E-state index in [1.807, 2.05) is 0 Å². The molecule has 1 aliphatic carbocycles. The van der Waals surface area contributed by atoms with E-state index in [1.54, 1.807) is 0 Å². The third-order valence-electron chi connectivity index (χ3n) is 7.64. The van der Waals surface area contributed by atoms with Crippen LogP contribution >= 0.6 is 0 Å². The Hall–Kier alpha value is -1.61. The Morgan fingerprint density at radius 2 is 1.12 bits per heavy atom. The van der Waals surface area contributed by atoms with Crippen LogP contribution in [0.4, 0.5) is 0 Å². The van der Waals surface area contributed by atoms with Crippen molar-refractivity contribution in [1.82, 2.24) is 0 Å². The predicted molar refractivity (Wildman–Crippen MR) is 147 cm³/mol. The van der Waals surface area contributed by atoms with Gasteiger partial charge in [-0.05, 0) is 24.6 Å². The first kappa shape index (κ1) is 27.0. The first-order valence-corrected chi connectivity index (χ1v) is 17.1. The van der Waals surface area contributed by atoms with Crippen molar-refractivity contribution >= 4 is 32.0 Å². The van der Waals surface area contributed by atoms with Crippen molar-refractivity contribution in [3.05, 3.63) is 102 Å². The maximum atomic E-state index is 6.94. The molecule has 0 aromatic heterocycles. The fourth-order valence-corrected chi connectivity index (χ4v) is 10.2. The Kier molecular flexibility index (Phi) is 8.38. The summed E-state index contributed by atoms with van der Waals surface area (Å²) in [6, 6.07) is 33.1. The topological polar surface area (TPSA) is 9.23 Å². The molecule has 2 atom stereocenters. The summed E-state index contributed by atoms with van der Waals surface area (Å²) in [4.78, 5) is 0. The SMILES string of the molecule is CC1CC(O[Si](C)(C)C(C)(C)C)C1=[C-][Si](c1ccccc1)(c1ccccc1)c1ccccc1.[Li+]. The minimum atomic E-state index is -2.51. The molecule has 4 heteroatoms. The molecule has 0 aliphatic heterocycles. The van der Waals surface area contributed by atoms with E-state index in [2.05, 4.69) is 137 Å². The fraction of sp³-hybridized carbons (Fsp3) is 0.333. The van der Waals surface area contributed by atoms with Gasteiger partial charge in [0.05, 0.1) is 0 Å². The molecule has 1 fully saturated rings. The molecule has 0 bridgehead atoms. The Morgan fingerprint density at radius 1 is 0.735 bits per heavy atom. The van der Waals surface area contributed by atoms with Crippen LogP contribution in [-0.4, -0.2) is 22.5 Å². The van der Waals surface area contributed by atoms with Gasteiger partial charge in [-0.1, -0.05) is 140 Å². The smallest absolute Gasteiger partial charge is 0.481 e. The van der Waals surface area contributed by atoms with Crippen LogP contribution < -0.4 is 34.4 Å². The fourth-order valence-electron chi connectivity index (χ4n) is 4.58. The molecule has 3 aromatic rings. The third kappa shape index (κ3) is 5.15. The first-order valence-electron chi connectivity index (χ1n) is 12.1. The monoisotopic (exact) mass is 476 g/mol. The molecule has 0 N–H and O–H groups in total. The zero-order chi connectivity index (χ0) is 23.7.